The van der Waals surface area contributed by atoms with Crippen molar-refractivity contribution in [3.05, 3.63) is 27.8 Å². The highest BCUT2D eigenvalue weighted by Gasteiger charge is 2.29. The highest BCUT2D eigenvalue weighted by molar-refractivity contribution is 7.09. The lowest BCUT2D eigenvalue weighted by molar-refractivity contribution is 0.245. The number of nitrogens with zero attached hydrogens (tertiary/aromatic N) is 4. The van der Waals surface area contributed by atoms with Crippen LogP contribution < -0.4 is 0 Å². The van der Waals surface area contributed by atoms with E-state index in [0.29, 0.717) is 11.9 Å². The zero-order chi connectivity index (χ0) is 13.2. The van der Waals surface area contributed by atoms with Gasteiger partial charge in [0.1, 0.15) is 0 Å². The second-order valence-corrected chi connectivity index (χ2v) is 5.92. The Morgan fingerprint density at radius 1 is 1.47 bits per heavy atom. The van der Waals surface area contributed by atoms with Crippen molar-refractivity contribution in [2.45, 2.75) is 39.2 Å². The summed E-state index contributed by atoms with van der Waals surface area (Å²) >= 11 is 1.75. The summed E-state index contributed by atoms with van der Waals surface area (Å²) in [5.74, 6) is 1.50. The average Bonchev–Trinajstić information content (AvgIpc) is 3.07. The van der Waals surface area contributed by atoms with Crippen molar-refractivity contribution in [2.75, 3.05) is 13.1 Å². The van der Waals surface area contributed by atoms with Gasteiger partial charge in [-0.25, -0.2) is 4.98 Å². The van der Waals surface area contributed by atoms with Crippen molar-refractivity contribution in [3.8, 4) is 0 Å². The van der Waals surface area contributed by atoms with Crippen LogP contribution in [0.4, 0.5) is 0 Å². The maximum absolute atomic E-state index is 5.10. The van der Waals surface area contributed by atoms with Gasteiger partial charge >= 0.3 is 0 Å². The van der Waals surface area contributed by atoms with Crippen molar-refractivity contribution in [1.29, 1.82) is 0 Å². The summed E-state index contributed by atoms with van der Waals surface area (Å²) in [4.78, 5) is 12.5. The lowest BCUT2D eigenvalue weighted by atomic mass is 10.2. The first kappa shape index (κ1) is 12.7. The molecule has 0 aromatic carbocycles. The predicted octanol–water partition coefficient (Wildman–Crippen LogP) is 2.52. The van der Waals surface area contributed by atoms with Gasteiger partial charge in [0.05, 0.1) is 17.2 Å². The molecule has 0 spiro atoms. The molecule has 1 fully saturated rings. The Bertz CT molecular complexity index is 550. The smallest absolute Gasteiger partial charge is 0.223 e. The van der Waals surface area contributed by atoms with Crippen molar-refractivity contribution in [1.82, 2.24) is 20.0 Å². The fourth-order valence-electron chi connectivity index (χ4n) is 2.65. The molecule has 3 rings (SSSR count). The fraction of sp³-hybridized carbons (Fsp3) is 0.615. The van der Waals surface area contributed by atoms with Crippen LogP contribution in [0.3, 0.4) is 0 Å². The molecule has 0 aliphatic carbocycles. The van der Waals surface area contributed by atoms with Crippen LogP contribution in [-0.2, 0) is 6.42 Å². The molecule has 6 heteroatoms. The van der Waals surface area contributed by atoms with Crippen LogP contribution in [-0.4, -0.2) is 33.1 Å². The molecule has 5 nitrogen and oxygen atoms in total. The van der Waals surface area contributed by atoms with Crippen LogP contribution in [0.25, 0.3) is 0 Å². The van der Waals surface area contributed by atoms with E-state index in [1.807, 2.05) is 12.4 Å². The van der Waals surface area contributed by atoms with E-state index in [0.717, 1.165) is 37.4 Å². The Hall–Kier alpha value is -1.27. The van der Waals surface area contributed by atoms with E-state index in [9.17, 15) is 0 Å². The molecule has 0 saturated carbocycles. The molecule has 0 radical (unpaired) electrons. The van der Waals surface area contributed by atoms with Crippen LogP contribution in [0, 0.1) is 13.8 Å². The van der Waals surface area contributed by atoms with Crippen LogP contribution in [0.1, 0.15) is 41.2 Å². The Kier molecular flexibility index (Phi) is 3.61. The molecule has 0 N–H and O–H groups in total. The third-order valence-corrected chi connectivity index (χ3v) is 4.67. The van der Waals surface area contributed by atoms with E-state index >= 15 is 0 Å². The highest BCUT2D eigenvalue weighted by atomic mass is 32.1. The number of hydrogen-bond acceptors (Lipinski definition) is 6. The molecule has 0 unspecified atom stereocenters. The number of likely N-dealkylation sites (tertiary alicyclic amines) is 1. The maximum atomic E-state index is 5.10. The normalized spacial score (nSPS) is 20.2. The molecular weight excluding hydrogens is 260 g/mol. The summed E-state index contributed by atoms with van der Waals surface area (Å²) in [6, 6.07) is 0.325. The molecule has 2 aromatic heterocycles. The number of rotatable bonds is 4. The first-order chi connectivity index (χ1) is 9.24. The lowest BCUT2D eigenvalue weighted by Crippen LogP contribution is -2.26. The number of hydrogen-bond donors (Lipinski definition) is 0. The first-order valence-corrected chi connectivity index (χ1v) is 7.55. The van der Waals surface area contributed by atoms with E-state index in [4.69, 9.17) is 4.52 Å². The van der Waals surface area contributed by atoms with Crippen molar-refractivity contribution >= 4 is 11.3 Å². The predicted molar refractivity (Wildman–Crippen MR) is 73.1 cm³/mol. The Labute approximate surface area is 116 Å². The largest absolute Gasteiger partial charge is 0.340 e. The fourth-order valence-corrected chi connectivity index (χ4v) is 3.42. The second-order valence-electron chi connectivity index (χ2n) is 4.98. The van der Waals surface area contributed by atoms with Crippen LogP contribution in [0.5, 0.6) is 0 Å². The summed E-state index contributed by atoms with van der Waals surface area (Å²) in [5, 5.41) is 4.07. The standard InChI is InChI=1S/C13H18N4OS/c1-9-12(19-8-14-9)5-7-17-6-3-4-11(17)13-15-10(2)18-16-13/h8,11H,3-7H2,1-2H3/t11-/m0/s1. The molecule has 3 heterocycles. The third-order valence-electron chi connectivity index (χ3n) is 3.68. The molecule has 2 aromatic rings. The van der Waals surface area contributed by atoms with E-state index in [2.05, 4.69) is 26.9 Å². The van der Waals surface area contributed by atoms with Crippen molar-refractivity contribution in [3.63, 3.8) is 0 Å². The van der Waals surface area contributed by atoms with Crippen LogP contribution in [0.2, 0.25) is 0 Å². The van der Waals surface area contributed by atoms with Gasteiger partial charge < -0.3 is 4.52 Å². The van der Waals surface area contributed by atoms with E-state index in [1.54, 1.807) is 11.3 Å². The molecule has 102 valence electrons. The van der Waals surface area contributed by atoms with Crippen molar-refractivity contribution in [2.24, 2.45) is 0 Å². The number of aryl methyl sites for hydroxylation is 2. The second kappa shape index (κ2) is 5.38. The molecule has 1 aliphatic heterocycles. The van der Waals surface area contributed by atoms with E-state index in [-0.39, 0.29) is 0 Å². The minimum Gasteiger partial charge on any atom is -0.340 e. The van der Waals surface area contributed by atoms with Gasteiger partial charge in [-0.05, 0) is 32.7 Å². The van der Waals surface area contributed by atoms with E-state index in [1.165, 1.54) is 11.3 Å². The summed E-state index contributed by atoms with van der Waals surface area (Å²) in [7, 11) is 0. The van der Waals surface area contributed by atoms with Crippen LogP contribution >= 0.6 is 11.3 Å². The third kappa shape index (κ3) is 2.69. The Morgan fingerprint density at radius 3 is 3.05 bits per heavy atom. The van der Waals surface area contributed by atoms with E-state index < -0.39 is 0 Å². The number of aromatic nitrogens is 3. The molecule has 1 saturated heterocycles. The number of thiazole rings is 1. The molecule has 0 bridgehead atoms. The minimum atomic E-state index is 0.325. The average molecular weight is 278 g/mol. The van der Waals surface area contributed by atoms with Gasteiger partial charge in [-0.2, -0.15) is 4.98 Å². The van der Waals surface area contributed by atoms with Gasteiger partial charge in [0.2, 0.25) is 5.89 Å². The first-order valence-electron chi connectivity index (χ1n) is 6.67. The zero-order valence-corrected chi connectivity index (χ0v) is 12.1. The van der Waals surface area contributed by atoms with Gasteiger partial charge in [-0.1, -0.05) is 5.16 Å². The molecule has 1 atom stereocenters. The Balaban J connectivity index is 1.65. The lowest BCUT2D eigenvalue weighted by Gasteiger charge is -2.21. The summed E-state index contributed by atoms with van der Waals surface area (Å²) in [5.41, 5.74) is 3.09. The van der Waals surface area contributed by atoms with Gasteiger partial charge in [-0.3, -0.25) is 4.90 Å². The molecular formula is C13H18N4OS. The summed E-state index contributed by atoms with van der Waals surface area (Å²) in [6.07, 6.45) is 3.39. The highest BCUT2D eigenvalue weighted by Crippen LogP contribution is 2.30. The molecule has 1 aliphatic rings. The molecule has 19 heavy (non-hydrogen) atoms. The van der Waals surface area contributed by atoms with Gasteiger partial charge in [-0.15, -0.1) is 11.3 Å². The van der Waals surface area contributed by atoms with Gasteiger partial charge in [0, 0.05) is 18.3 Å². The SMILES string of the molecule is Cc1nc([C@@H]2CCCN2CCc2scnc2C)no1. The van der Waals surface area contributed by atoms with Crippen molar-refractivity contribution < 1.29 is 4.52 Å². The van der Waals surface area contributed by atoms with Gasteiger partial charge in [0.15, 0.2) is 5.82 Å². The minimum absolute atomic E-state index is 0.325. The zero-order valence-electron chi connectivity index (χ0n) is 11.3. The Morgan fingerprint density at radius 2 is 2.37 bits per heavy atom. The monoisotopic (exact) mass is 278 g/mol. The topological polar surface area (TPSA) is 55.1 Å². The summed E-state index contributed by atoms with van der Waals surface area (Å²) in [6.45, 7) is 6.09. The van der Waals surface area contributed by atoms with Crippen LogP contribution in [0.15, 0.2) is 10.0 Å². The molecule has 0 amide bonds. The summed E-state index contributed by atoms with van der Waals surface area (Å²) < 4.78 is 5.10. The maximum Gasteiger partial charge on any atom is 0.223 e. The van der Waals surface area contributed by atoms with Gasteiger partial charge in [0.25, 0.3) is 0 Å². The quantitative estimate of drug-likeness (QED) is 0.860.